The largest absolute Gasteiger partial charge is 0.297 e. The standard InChI is InChI=1S/C15H15Cl2N3O3S/c1-24(22,23)15-18-13-8-20(3-2-12(13)14(21)19-15)7-9-4-10(16)6-11(17)5-9/h4-6H,2-3,7-8H2,1H3,(H,18,19,21). The number of sulfone groups is 1. The van der Waals surface area contributed by atoms with E-state index in [0.717, 1.165) is 11.8 Å². The highest BCUT2D eigenvalue weighted by Gasteiger charge is 2.23. The van der Waals surface area contributed by atoms with Crippen molar-refractivity contribution in [2.45, 2.75) is 24.7 Å². The molecule has 0 aliphatic carbocycles. The van der Waals surface area contributed by atoms with E-state index < -0.39 is 9.84 Å². The van der Waals surface area contributed by atoms with Crippen molar-refractivity contribution >= 4 is 33.0 Å². The van der Waals surface area contributed by atoms with Crippen LogP contribution in [0, 0.1) is 0 Å². The Morgan fingerprint density at radius 1 is 1.25 bits per heavy atom. The Balaban J connectivity index is 1.88. The summed E-state index contributed by atoms with van der Waals surface area (Å²) in [6, 6.07) is 5.32. The average molecular weight is 388 g/mol. The van der Waals surface area contributed by atoms with Gasteiger partial charge < -0.3 is 0 Å². The van der Waals surface area contributed by atoms with Crippen molar-refractivity contribution in [3.8, 4) is 0 Å². The van der Waals surface area contributed by atoms with Crippen molar-refractivity contribution in [2.75, 3.05) is 12.8 Å². The molecule has 0 fully saturated rings. The molecule has 2 aromatic rings. The van der Waals surface area contributed by atoms with Gasteiger partial charge in [-0.1, -0.05) is 23.2 Å². The lowest BCUT2D eigenvalue weighted by atomic mass is 10.1. The van der Waals surface area contributed by atoms with Crippen LogP contribution in [0.2, 0.25) is 10.0 Å². The van der Waals surface area contributed by atoms with Crippen molar-refractivity contribution in [1.82, 2.24) is 14.9 Å². The molecule has 2 heterocycles. The van der Waals surface area contributed by atoms with Crippen LogP contribution < -0.4 is 5.56 Å². The van der Waals surface area contributed by atoms with Gasteiger partial charge in [0.05, 0.1) is 5.69 Å². The topological polar surface area (TPSA) is 83.1 Å². The highest BCUT2D eigenvalue weighted by molar-refractivity contribution is 7.90. The maximum atomic E-state index is 12.1. The highest BCUT2D eigenvalue weighted by atomic mass is 35.5. The van der Waals surface area contributed by atoms with Gasteiger partial charge in [-0.15, -0.1) is 0 Å². The predicted molar refractivity (Wildman–Crippen MR) is 92.2 cm³/mol. The number of rotatable bonds is 3. The second-order valence-electron chi connectivity index (χ2n) is 5.81. The van der Waals surface area contributed by atoms with Gasteiger partial charge >= 0.3 is 0 Å². The van der Waals surface area contributed by atoms with E-state index in [1.165, 1.54) is 0 Å². The van der Waals surface area contributed by atoms with Gasteiger partial charge in [0.1, 0.15) is 0 Å². The zero-order chi connectivity index (χ0) is 17.5. The molecule has 1 N–H and O–H groups in total. The van der Waals surface area contributed by atoms with Crippen LogP contribution in [0.15, 0.2) is 28.2 Å². The van der Waals surface area contributed by atoms with Crippen molar-refractivity contribution in [2.24, 2.45) is 0 Å². The normalized spacial score (nSPS) is 15.3. The summed E-state index contributed by atoms with van der Waals surface area (Å²) in [4.78, 5) is 20.6. The molecule has 0 spiro atoms. The van der Waals surface area contributed by atoms with Gasteiger partial charge in [0, 0.05) is 41.5 Å². The monoisotopic (exact) mass is 387 g/mol. The maximum absolute atomic E-state index is 12.1. The Morgan fingerprint density at radius 3 is 2.54 bits per heavy atom. The number of benzene rings is 1. The van der Waals surface area contributed by atoms with Crippen molar-refractivity contribution in [1.29, 1.82) is 0 Å². The smallest absolute Gasteiger partial charge is 0.255 e. The summed E-state index contributed by atoms with van der Waals surface area (Å²) in [5.74, 6) is 0. The molecule has 0 saturated carbocycles. The molecule has 1 aliphatic heterocycles. The SMILES string of the molecule is CS(=O)(=O)c1nc2c(c(=O)[nH]1)CCN(Cc1cc(Cl)cc(Cl)c1)C2. The number of nitrogens with one attached hydrogen (secondary N) is 1. The van der Waals surface area contributed by atoms with Gasteiger partial charge in [0.25, 0.3) is 5.56 Å². The van der Waals surface area contributed by atoms with E-state index in [1.807, 2.05) is 12.1 Å². The minimum atomic E-state index is -3.57. The van der Waals surface area contributed by atoms with Crippen molar-refractivity contribution < 1.29 is 8.42 Å². The summed E-state index contributed by atoms with van der Waals surface area (Å²) in [6.07, 6.45) is 1.53. The van der Waals surface area contributed by atoms with E-state index in [0.29, 0.717) is 47.4 Å². The molecule has 1 aliphatic rings. The van der Waals surface area contributed by atoms with Gasteiger partial charge in [-0.3, -0.25) is 14.7 Å². The van der Waals surface area contributed by atoms with Gasteiger partial charge in [-0.25, -0.2) is 13.4 Å². The average Bonchev–Trinajstić information content (AvgIpc) is 2.44. The van der Waals surface area contributed by atoms with E-state index in [1.54, 1.807) is 6.07 Å². The molecule has 0 bridgehead atoms. The number of aromatic amines is 1. The molecule has 6 nitrogen and oxygen atoms in total. The second kappa shape index (κ2) is 6.48. The van der Waals surface area contributed by atoms with Crippen LogP contribution in [-0.2, 0) is 29.3 Å². The summed E-state index contributed by atoms with van der Waals surface area (Å²) >= 11 is 12.0. The molecule has 24 heavy (non-hydrogen) atoms. The first-order chi connectivity index (χ1) is 11.2. The Kier molecular flexibility index (Phi) is 4.70. The fourth-order valence-corrected chi connectivity index (χ4v) is 3.87. The van der Waals surface area contributed by atoms with E-state index >= 15 is 0 Å². The third-order valence-corrected chi connectivity index (χ3v) is 5.14. The molecule has 0 radical (unpaired) electrons. The molecule has 0 saturated heterocycles. The van der Waals surface area contributed by atoms with Gasteiger partial charge in [0.2, 0.25) is 15.0 Å². The molecular weight excluding hydrogens is 373 g/mol. The summed E-state index contributed by atoms with van der Waals surface area (Å²) in [6.45, 7) is 1.65. The first-order valence-corrected chi connectivity index (χ1v) is 9.86. The highest BCUT2D eigenvalue weighted by Crippen LogP contribution is 2.22. The number of H-pyrrole nitrogens is 1. The lowest BCUT2D eigenvalue weighted by Gasteiger charge is -2.27. The molecular formula is C15H15Cl2N3O3S. The van der Waals surface area contributed by atoms with E-state index in [2.05, 4.69) is 14.9 Å². The Morgan fingerprint density at radius 2 is 1.92 bits per heavy atom. The Hall–Kier alpha value is -1.41. The Labute approximate surface area is 149 Å². The lowest BCUT2D eigenvalue weighted by Crippen LogP contribution is -2.35. The molecule has 0 unspecified atom stereocenters. The third kappa shape index (κ3) is 3.80. The van der Waals surface area contributed by atoms with Crippen LogP contribution in [0.25, 0.3) is 0 Å². The molecule has 1 aromatic carbocycles. The first-order valence-electron chi connectivity index (χ1n) is 7.22. The number of hydrogen-bond donors (Lipinski definition) is 1. The predicted octanol–water partition coefficient (Wildman–Crippen LogP) is 2.04. The fourth-order valence-electron chi connectivity index (χ4n) is 2.74. The second-order valence-corrected chi connectivity index (χ2v) is 8.61. The van der Waals surface area contributed by atoms with Crippen LogP contribution >= 0.6 is 23.2 Å². The summed E-state index contributed by atoms with van der Waals surface area (Å²) < 4.78 is 23.3. The third-order valence-electron chi connectivity index (χ3n) is 3.81. The zero-order valence-electron chi connectivity index (χ0n) is 12.8. The van der Waals surface area contributed by atoms with Crippen LogP contribution in [-0.4, -0.2) is 36.1 Å². The summed E-state index contributed by atoms with van der Waals surface area (Å²) in [5, 5.41) is 0.826. The summed E-state index contributed by atoms with van der Waals surface area (Å²) in [7, 11) is -3.57. The fraction of sp³-hybridized carbons (Fsp3) is 0.333. The number of hydrogen-bond acceptors (Lipinski definition) is 5. The maximum Gasteiger partial charge on any atom is 0.255 e. The number of nitrogens with zero attached hydrogens (tertiary/aromatic N) is 2. The molecule has 128 valence electrons. The Bertz CT molecular complexity index is 937. The summed E-state index contributed by atoms with van der Waals surface area (Å²) in [5.41, 5.74) is 1.61. The van der Waals surface area contributed by atoms with E-state index in [4.69, 9.17) is 23.2 Å². The van der Waals surface area contributed by atoms with Crippen molar-refractivity contribution in [3.05, 3.63) is 55.4 Å². The van der Waals surface area contributed by atoms with Gasteiger partial charge in [-0.05, 0) is 30.2 Å². The number of halogens is 2. The van der Waals surface area contributed by atoms with Crippen molar-refractivity contribution in [3.63, 3.8) is 0 Å². The van der Waals surface area contributed by atoms with Crippen LogP contribution in [0.1, 0.15) is 16.8 Å². The molecule has 0 amide bonds. The first kappa shape index (κ1) is 17.4. The quantitative estimate of drug-likeness (QED) is 0.814. The van der Waals surface area contributed by atoms with Gasteiger partial charge in [0.15, 0.2) is 0 Å². The molecule has 3 rings (SSSR count). The van der Waals surface area contributed by atoms with Crippen LogP contribution in [0.4, 0.5) is 0 Å². The zero-order valence-corrected chi connectivity index (χ0v) is 15.2. The molecule has 0 atom stereocenters. The van der Waals surface area contributed by atoms with Crippen LogP contribution in [0.5, 0.6) is 0 Å². The number of aromatic nitrogens is 2. The minimum absolute atomic E-state index is 0.293. The van der Waals surface area contributed by atoms with E-state index in [-0.39, 0.29) is 10.7 Å². The molecule has 9 heteroatoms. The van der Waals surface area contributed by atoms with Crippen LogP contribution in [0.3, 0.4) is 0 Å². The molecule has 1 aromatic heterocycles. The van der Waals surface area contributed by atoms with E-state index in [9.17, 15) is 13.2 Å². The minimum Gasteiger partial charge on any atom is -0.297 e. The number of fused-ring (bicyclic) bond motifs is 1. The lowest BCUT2D eigenvalue weighted by molar-refractivity contribution is 0.239. The van der Waals surface area contributed by atoms with Gasteiger partial charge in [-0.2, -0.15) is 0 Å².